The van der Waals surface area contributed by atoms with Crippen molar-refractivity contribution in [1.82, 2.24) is 0 Å². The summed E-state index contributed by atoms with van der Waals surface area (Å²) in [6.07, 6.45) is 4.39. The van der Waals surface area contributed by atoms with E-state index in [1.165, 1.54) is 12.3 Å². The molecular weight excluding hydrogens is 244 g/mol. The Morgan fingerprint density at radius 1 is 1.36 bits per heavy atom. The molecule has 1 aromatic rings. The van der Waals surface area contributed by atoms with E-state index >= 15 is 0 Å². The molecule has 0 aliphatic heterocycles. The van der Waals surface area contributed by atoms with Gasteiger partial charge in [0.25, 0.3) is 0 Å². The quantitative estimate of drug-likeness (QED) is 0.469. The molecule has 3 heteroatoms. The van der Waals surface area contributed by atoms with E-state index < -0.39 is 0 Å². The van der Waals surface area contributed by atoms with E-state index in [-0.39, 0.29) is 5.97 Å². The molecule has 0 aromatic heterocycles. The Hall–Kier alpha value is -1.35. The van der Waals surface area contributed by atoms with Crippen molar-refractivity contribution >= 4 is 21.9 Å². The molecule has 0 spiro atoms. The first kappa shape index (κ1) is 10.7. The van der Waals surface area contributed by atoms with E-state index in [1.807, 2.05) is 0 Å². The van der Waals surface area contributed by atoms with Crippen LogP contribution in [-0.4, -0.2) is 5.97 Å². The molecule has 0 saturated heterocycles. The zero-order valence-corrected chi connectivity index (χ0v) is 9.03. The number of ether oxygens (including phenoxy) is 1. The van der Waals surface area contributed by atoms with Crippen LogP contribution in [0.5, 0.6) is 0 Å². The first-order valence-corrected chi connectivity index (χ1v) is 4.77. The number of halogens is 1. The van der Waals surface area contributed by atoms with Gasteiger partial charge < -0.3 is 4.74 Å². The van der Waals surface area contributed by atoms with E-state index in [4.69, 9.17) is 4.74 Å². The van der Waals surface area contributed by atoms with Crippen molar-refractivity contribution in [2.75, 3.05) is 0 Å². The van der Waals surface area contributed by atoms with Crippen LogP contribution in [0.1, 0.15) is 10.4 Å². The van der Waals surface area contributed by atoms with Gasteiger partial charge in [-0.2, -0.15) is 0 Å². The highest BCUT2D eigenvalue weighted by atomic mass is 79.9. The van der Waals surface area contributed by atoms with Crippen LogP contribution in [0.15, 0.2) is 53.7 Å². The maximum atomic E-state index is 11.3. The number of carbonyl (C=O) groups excluding carboxylic acids is 1. The molecule has 0 bridgehead atoms. The van der Waals surface area contributed by atoms with E-state index in [0.717, 1.165) is 4.47 Å². The molecule has 0 radical (unpaired) electrons. The second kappa shape index (κ2) is 5.40. The number of esters is 1. The molecule has 0 saturated carbocycles. The number of allylic oxidation sites excluding steroid dienone is 2. The fraction of sp³-hybridized carbons (Fsp3) is 0. The first-order chi connectivity index (χ1) is 6.74. The lowest BCUT2D eigenvalue weighted by Gasteiger charge is -1.98. The first-order valence-electron chi connectivity index (χ1n) is 3.98. The number of rotatable bonds is 3. The minimum absolute atomic E-state index is 0.379. The van der Waals surface area contributed by atoms with Crippen molar-refractivity contribution in [1.29, 1.82) is 0 Å². The highest BCUT2D eigenvalue weighted by Gasteiger charge is 2.03. The van der Waals surface area contributed by atoms with Gasteiger partial charge in [0.2, 0.25) is 0 Å². The Morgan fingerprint density at radius 3 is 2.57 bits per heavy atom. The smallest absolute Gasteiger partial charge is 0.342 e. The summed E-state index contributed by atoms with van der Waals surface area (Å²) < 4.78 is 5.73. The summed E-state index contributed by atoms with van der Waals surface area (Å²) in [6, 6.07) is 6.95. The zero-order chi connectivity index (χ0) is 10.4. The van der Waals surface area contributed by atoms with Gasteiger partial charge in [0, 0.05) is 4.47 Å². The van der Waals surface area contributed by atoms with Crippen molar-refractivity contribution in [3.05, 3.63) is 59.3 Å². The summed E-state index contributed by atoms with van der Waals surface area (Å²) in [7, 11) is 0. The van der Waals surface area contributed by atoms with E-state index in [2.05, 4.69) is 22.5 Å². The van der Waals surface area contributed by atoms with Crippen LogP contribution < -0.4 is 0 Å². The van der Waals surface area contributed by atoms with Crippen LogP contribution in [0.3, 0.4) is 0 Å². The monoisotopic (exact) mass is 252 g/mol. The molecule has 0 fully saturated rings. The van der Waals surface area contributed by atoms with Gasteiger partial charge >= 0.3 is 5.97 Å². The number of carbonyl (C=O) groups is 1. The van der Waals surface area contributed by atoms with Gasteiger partial charge in [-0.15, -0.1) is 0 Å². The van der Waals surface area contributed by atoms with Gasteiger partial charge in [0.05, 0.1) is 11.8 Å². The summed E-state index contributed by atoms with van der Waals surface area (Å²) in [5.41, 5.74) is 0.516. The van der Waals surface area contributed by atoms with Crippen molar-refractivity contribution in [2.45, 2.75) is 0 Å². The Morgan fingerprint density at radius 2 is 2.00 bits per heavy atom. The summed E-state index contributed by atoms with van der Waals surface area (Å²) in [5, 5.41) is 0. The molecule has 72 valence electrons. The summed E-state index contributed by atoms with van der Waals surface area (Å²) in [6.45, 7) is 3.46. The van der Waals surface area contributed by atoms with Crippen LogP contribution in [0, 0.1) is 0 Å². The van der Waals surface area contributed by atoms with Gasteiger partial charge in [-0.3, -0.25) is 0 Å². The van der Waals surface area contributed by atoms with Gasteiger partial charge in [-0.25, -0.2) is 4.79 Å². The van der Waals surface area contributed by atoms with Crippen LogP contribution in [0.2, 0.25) is 0 Å². The van der Waals surface area contributed by atoms with E-state index in [1.54, 1.807) is 30.3 Å². The van der Waals surface area contributed by atoms with Crippen LogP contribution >= 0.6 is 15.9 Å². The number of hydrogen-bond acceptors (Lipinski definition) is 2. The fourth-order valence-corrected chi connectivity index (χ4v) is 1.07. The third-order valence-electron chi connectivity index (χ3n) is 1.47. The highest BCUT2D eigenvalue weighted by Crippen LogP contribution is 2.11. The van der Waals surface area contributed by atoms with Crippen LogP contribution in [0.25, 0.3) is 0 Å². The van der Waals surface area contributed by atoms with Crippen molar-refractivity contribution in [3.63, 3.8) is 0 Å². The normalized spacial score (nSPS) is 10.1. The molecule has 14 heavy (non-hydrogen) atoms. The largest absolute Gasteiger partial charge is 0.431 e. The summed E-state index contributed by atoms with van der Waals surface area (Å²) in [5.74, 6) is -0.379. The molecule has 0 atom stereocenters. The number of benzene rings is 1. The predicted molar refractivity (Wildman–Crippen MR) is 58.9 cm³/mol. The topological polar surface area (TPSA) is 26.3 Å². The van der Waals surface area contributed by atoms with Gasteiger partial charge in [-0.05, 0) is 30.3 Å². The summed E-state index contributed by atoms with van der Waals surface area (Å²) >= 11 is 3.28. The zero-order valence-electron chi connectivity index (χ0n) is 7.44. The Kier molecular flexibility index (Phi) is 4.13. The molecule has 1 aromatic carbocycles. The predicted octanol–water partition coefficient (Wildman–Crippen LogP) is 3.31. The molecule has 1 rings (SSSR count). The average molecular weight is 253 g/mol. The minimum Gasteiger partial charge on any atom is -0.431 e. The fourth-order valence-electron chi connectivity index (χ4n) is 0.811. The molecule has 2 nitrogen and oxygen atoms in total. The van der Waals surface area contributed by atoms with Gasteiger partial charge in [0.15, 0.2) is 0 Å². The molecule has 0 unspecified atom stereocenters. The molecule has 0 heterocycles. The Balaban J connectivity index is 2.65. The summed E-state index contributed by atoms with van der Waals surface area (Å²) in [4.78, 5) is 11.3. The maximum absolute atomic E-state index is 11.3. The molecule has 0 aliphatic carbocycles. The standard InChI is InChI=1S/C11H9BrO2/c1-2-3-8-14-11(13)9-4-6-10(12)7-5-9/h2-8H,1H2/b8-3+. The highest BCUT2D eigenvalue weighted by molar-refractivity contribution is 9.10. The van der Waals surface area contributed by atoms with Gasteiger partial charge in [0.1, 0.15) is 0 Å². The molecule has 0 aliphatic rings. The van der Waals surface area contributed by atoms with E-state index in [0.29, 0.717) is 5.56 Å². The second-order valence-corrected chi connectivity index (χ2v) is 3.39. The third kappa shape index (κ3) is 3.18. The Labute approximate surface area is 91.0 Å². The maximum Gasteiger partial charge on any atom is 0.342 e. The van der Waals surface area contributed by atoms with Crippen LogP contribution in [0.4, 0.5) is 0 Å². The molecule has 0 N–H and O–H groups in total. The van der Waals surface area contributed by atoms with E-state index in [9.17, 15) is 4.79 Å². The van der Waals surface area contributed by atoms with Crippen molar-refractivity contribution in [2.24, 2.45) is 0 Å². The Bertz CT molecular complexity index is 352. The minimum atomic E-state index is -0.379. The molecular formula is C11H9BrO2. The van der Waals surface area contributed by atoms with Crippen LogP contribution in [-0.2, 0) is 4.74 Å². The average Bonchev–Trinajstić information content (AvgIpc) is 2.19. The lowest BCUT2D eigenvalue weighted by Crippen LogP contribution is -1.99. The number of hydrogen-bond donors (Lipinski definition) is 0. The van der Waals surface area contributed by atoms with Crippen molar-refractivity contribution < 1.29 is 9.53 Å². The second-order valence-electron chi connectivity index (χ2n) is 2.48. The lowest BCUT2D eigenvalue weighted by molar-refractivity contribution is 0.0663. The SMILES string of the molecule is C=C/C=C/OC(=O)c1ccc(Br)cc1. The lowest BCUT2D eigenvalue weighted by atomic mass is 10.2. The van der Waals surface area contributed by atoms with Gasteiger partial charge in [-0.1, -0.05) is 28.6 Å². The third-order valence-corrected chi connectivity index (χ3v) is 2.00. The molecule has 0 amide bonds. The van der Waals surface area contributed by atoms with Crippen molar-refractivity contribution in [3.8, 4) is 0 Å².